The van der Waals surface area contributed by atoms with Crippen LogP contribution in [0.1, 0.15) is 29.5 Å². The number of fused-ring (bicyclic) bond motifs is 2. The van der Waals surface area contributed by atoms with Gasteiger partial charge in [-0.3, -0.25) is 4.79 Å². The van der Waals surface area contributed by atoms with E-state index in [1.54, 1.807) is 0 Å². The van der Waals surface area contributed by atoms with E-state index in [4.69, 9.17) is 9.72 Å². The summed E-state index contributed by atoms with van der Waals surface area (Å²) in [7, 11) is 0. The van der Waals surface area contributed by atoms with Crippen LogP contribution >= 0.6 is 0 Å². The van der Waals surface area contributed by atoms with E-state index < -0.39 is 0 Å². The molecule has 2 saturated heterocycles. The minimum atomic E-state index is -0.254. The van der Waals surface area contributed by atoms with E-state index in [2.05, 4.69) is 35.3 Å². The smallest absolute Gasteiger partial charge is 0.246 e. The molecule has 2 fully saturated rings. The number of anilines is 1. The van der Waals surface area contributed by atoms with Crippen molar-refractivity contribution in [1.82, 2.24) is 10.3 Å². The fourth-order valence-electron chi connectivity index (χ4n) is 4.49. The molecule has 1 spiro atoms. The molecule has 2 aromatic rings. The molecule has 25 heavy (non-hydrogen) atoms. The van der Waals surface area contributed by atoms with Crippen molar-refractivity contribution in [2.24, 2.45) is 0 Å². The van der Waals surface area contributed by atoms with Crippen LogP contribution in [0.3, 0.4) is 0 Å². The number of ether oxygens (including phenoxy) is 1. The number of benzene rings is 1. The molecule has 5 nitrogen and oxygen atoms in total. The van der Waals surface area contributed by atoms with Crippen LogP contribution in [0.5, 0.6) is 0 Å². The Morgan fingerprint density at radius 1 is 1.24 bits per heavy atom. The zero-order chi connectivity index (χ0) is 17.0. The fraction of sp³-hybridized carbons (Fsp3) is 0.500. The van der Waals surface area contributed by atoms with Crippen LogP contribution in [0.25, 0.3) is 10.9 Å². The average Bonchev–Trinajstić information content (AvgIpc) is 3.23. The quantitative estimate of drug-likeness (QED) is 0.866. The van der Waals surface area contributed by atoms with Gasteiger partial charge in [0.05, 0.1) is 12.1 Å². The minimum absolute atomic E-state index is 0.0161. The van der Waals surface area contributed by atoms with Gasteiger partial charge in [-0.1, -0.05) is 0 Å². The Bertz CT molecular complexity index is 867. The number of nitrogens with zero attached hydrogens (tertiary/aromatic N) is 2. The number of amides is 1. The van der Waals surface area contributed by atoms with Crippen molar-refractivity contribution in [3.05, 3.63) is 34.9 Å². The van der Waals surface area contributed by atoms with E-state index >= 15 is 0 Å². The van der Waals surface area contributed by atoms with Gasteiger partial charge in [-0.05, 0) is 67.5 Å². The predicted molar refractivity (Wildman–Crippen MR) is 97.0 cm³/mol. The highest BCUT2D eigenvalue weighted by Gasteiger charge is 2.42. The molecule has 1 aromatic heterocycles. The van der Waals surface area contributed by atoms with E-state index in [1.807, 2.05) is 0 Å². The number of aromatic nitrogens is 1. The van der Waals surface area contributed by atoms with Crippen molar-refractivity contribution >= 4 is 22.6 Å². The van der Waals surface area contributed by atoms with Gasteiger partial charge in [-0.2, -0.15) is 0 Å². The summed E-state index contributed by atoms with van der Waals surface area (Å²) < 4.78 is 5.89. The maximum atomic E-state index is 11.4. The molecule has 5 rings (SSSR count). The zero-order valence-electron chi connectivity index (χ0n) is 14.6. The second-order valence-electron chi connectivity index (χ2n) is 7.71. The van der Waals surface area contributed by atoms with E-state index in [9.17, 15) is 4.79 Å². The van der Waals surface area contributed by atoms with Gasteiger partial charge >= 0.3 is 0 Å². The summed E-state index contributed by atoms with van der Waals surface area (Å²) >= 11 is 0. The van der Waals surface area contributed by atoms with Crippen molar-refractivity contribution in [2.75, 3.05) is 31.1 Å². The first kappa shape index (κ1) is 15.1. The van der Waals surface area contributed by atoms with Crippen LogP contribution in [0.15, 0.2) is 18.2 Å². The van der Waals surface area contributed by atoms with Crippen LogP contribution < -0.4 is 10.2 Å². The zero-order valence-corrected chi connectivity index (χ0v) is 14.6. The third-order valence-corrected chi connectivity index (χ3v) is 5.97. The van der Waals surface area contributed by atoms with Crippen molar-refractivity contribution in [1.29, 1.82) is 0 Å². The molecule has 3 heterocycles. The summed E-state index contributed by atoms with van der Waals surface area (Å²) in [6.45, 7) is 4.65. The highest BCUT2D eigenvalue weighted by Crippen LogP contribution is 2.33. The second-order valence-corrected chi connectivity index (χ2v) is 7.71. The topological polar surface area (TPSA) is 54.5 Å². The van der Waals surface area contributed by atoms with E-state index in [0.29, 0.717) is 6.54 Å². The Morgan fingerprint density at radius 3 is 2.88 bits per heavy atom. The summed E-state index contributed by atoms with van der Waals surface area (Å²) in [5.74, 6) is 1.01. The molecular formula is C20H23N3O2. The number of hydrogen-bond acceptors (Lipinski definition) is 4. The van der Waals surface area contributed by atoms with Gasteiger partial charge in [0.2, 0.25) is 5.91 Å². The fourth-order valence-corrected chi connectivity index (χ4v) is 4.49. The van der Waals surface area contributed by atoms with Crippen molar-refractivity contribution in [3.8, 4) is 0 Å². The SMILES string of the molecule is Cc1cc(N2CCC3(CNC(=O)CO3)C2)nc2cc3c(cc12)CCC3. The van der Waals surface area contributed by atoms with E-state index in [1.165, 1.54) is 41.3 Å². The van der Waals surface area contributed by atoms with Gasteiger partial charge in [-0.25, -0.2) is 4.98 Å². The lowest BCUT2D eigenvalue weighted by atomic mass is 10.0. The monoisotopic (exact) mass is 337 g/mol. The van der Waals surface area contributed by atoms with Crippen LogP contribution in [-0.4, -0.2) is 42.7 Å². The summed E-state index contributed by atoms with van der Waals surface area (Å²) in [6.07, 6.45) is 4.56. The molecule has 130 valence electrons. The standard InChI is InChI=1S/C20H23N3O2/c1-13-7-18(22-17-9-15-4-2-3-14(15)8-16(13)17)23-6-5-20(12-23)11-21-19(24)10-25-20/h7-9H,2-6,10-12H2,1H3,(H,21,24). The maximum Gasteiger partial charge on any atom is 0.246 e. The number of rotatable bonds is 1. The maximum absolute atomic E-state index is 11.4. The first-order chi connectivity index (χ1) is 12.1. The van der Waals surface area contributed by atoms with Crippen LogP contribution in [0.4, 0.5) is 5.82 Å². The summed E-state index contributed by atoms with van der Waals surface area (Å²) in [6, 6.07) is 6.83. The molecule has 0 radical (unpaired) electrons. The number of carbonyl (C=O) groups is 1. The van der Waals surface area contributed by atoms with Gasteiger partial charge in [0.15, 0.2) is 0 Å². The molecule has 1 amide bonds. The molecule has 0 bridgehead atoms. The van der Waals surface area contributed by atoms with Crippen molar-refractivity contribution in [2.45, 2.75) is 38.2 Å². The van der Waals surface area contributed by atoms with Crippen molar-refractivity contribution in [3.63, 3.8) is 0 Å². The molecule has 1 atom stereocenters. The highest BCUT2D eigenvalue weighted by atomic mass is 16.5. The molecular weight excluding hydrogens is 314 g/mol. The molecule has 5 heteroatoms. The lowest BCUT2D eigenvalue weighted by Crippen LogP contribution is -2.53. The van der Waals surface area contributed by atoms with Crippen LogP contribution in [-0.2, 0) is 22.4 Å². The minimum Gasteiger partial charge on any atom is -0.361 e. The van der Waals surface area contributed by atoms with E-state index in [0.717, 1.165) is 30.8 Å². The molecule has 1 unspecified atom stereocenters. The second kappa shape index (κ2) is 5.43. The molecule has 1 aromatic carbocycles. The van der Waals surface area contributed by atoms with E-state index in [-0.39, 0.29) is 18.1 Å². The largest absolute Gasteiger partial charge is 0.361 e. The summed E-state index contributed by atoms with van der Waals surface area (Å²) in [5, 5.41) is 4.22. The van der Waals surface area contributed by atoms with Crippen LogP contribution in [0, 0.1) is 6.92 Å². The lowest BCUT2D eigenvalue weighted by molar-refractivity contribution is -0.141. The van der Waals surface area contributed by atoms with Gasteiger partial charge in [-0.15, -0.1) is 0 Å². The number of carbonyl (C=O) groups excluding carboxylic acids is 1. The lowest BCUT2D eigenvalue weighted by Gasteiger charge is -2.33. The number of hydrogen-bond donors (Lipinski definition) is 1. The van der Waals surface area contributed by atoms with Gasteiger partial charge in [0.25, 0.3) is 0 Å². The third kappa shape index (κ3) is 2.49. The number of morpholine rings is 1. The highest BCUT2D eigenvalue weighted by molar-refractivity contribution is 5.86. The molecule has 1 N–H and O–H groups in total. The Morgan fingerprint density at radius 2 is 2.08 bits per heavy atom. The molecule has 3 aliphatic rings. The Labute approximate surface area is 147 Å². The summed E-state index contributed by atoms with van der Waals surface area (Å²) in [5.41, 5.74) is 5.10. The number of aryl methyl sites for hydroxylation is 3. The Kier molecular flexibility index (Phi) is 3.29. The first-order valence-corrected chi connectivity index (χ1v) is 9.21. The molecule has 1 aliphatic carbocycles. The Hall–Kier alpha value is -2.14. The average molecular weight is 337 g/mol. The number of pyridine rings is 1. The van der Waals surface area contributed by atoms with Gasteiger partial charge in [0, 0.05) is 18.5 Å². The van der Waals surface area contributed by atoms with Crippen molar-refractivity contribution < 1.29 is 9.53 Å². The number of nitrogens with one attached hydrogen (secondary N) is 1. The molecule has 2 aliphatic heterocycles. The van der Waals surface area contributed by atoms with Crippen LogP contribution in [0.2, 0.25) is 0 Å². The third-order valence-electron chi connectivity index (χ3n) is 5.97. The predicted octanol–water partition coefficient (Wildman–Crippen LogP) is 2.13. The van der Waals surface area contributed by atoms with Gasteiger partial charge < -0.3 is 15.0 Å². The molecule has 0 saturated carbocycles. The normalized spacial score (nSPS) is 25.6. The Balaban J connectivity index is 1.47. The van der Waals surface area contributed by atoms with Gasteiger partial charge in [0.1, 0.15) is 18.0 Å². The summed E-state index contributed by atoms with van der Waals surface area (Å²) in [4.78, 5) is 18.7. The first-order valence-electron chi connectivity index (χ1n) is 9.21.